The average molecular weight is 335 g/mol. The number of benzene rings is 2. The molecule has 2 unspecified atom stereocenters. The van der Waals surface area contributed by atoms with E-state index in [1.165, 1.54) is 6.20 Å². The van der Waals surface area contributed by atoms with Crippen molar-refractivity contribution in [2.45, 2.75) is 26.1 Å². The van der Waals surface area contributed by atoms with Gasteiger partial charge in [-0.05, 0) is 36.8 Å². The summed E-state index contributed by atoms with van der Waals surface area (Å²) in [5, 5.41) is 14.7. The standard InChI is InChI=1S/C20H21N3O2/c1-14-12-23(13-15(2)25-14)20(24)18(10-21)11-22-19-8-7-16-5-3-4-6-17(16)9-19/h3-9,11,14-15,22H,12-13H2,1-2H3/b18-11-. The topological polar surface area (TPSA) is 65.4 Å². The third-order valence-electron chi connectivity index (χ3n) is 4.19. The second-order valence-corrected chi connectivity index (χ2v) is 6.34. The zero-order valence-corrected chi connectivity index (χ0v) is 14.4. The first-order chi connectivity index (χ1) is 12.1. The lowest BCUT2D eigenvalue weighted by Gasteiger charge is -2.35. The molecule has 1 heterocycles. The molecule has 1 N–H and O–H groups in total. The van der Waals surface area contributed by atoms with Crippen LogP contribution < -0.4 is 5.32 Å². The van der Waals surface area contributed by atoms with Crippen LogP contribution in [0, 0.1) is 11.3 Å². The van der Waals surface area contributed by atoms with Crippen molar-refractivity contribution in [1.29, 1.82) is 5.26 Å². The van der Waals surface area contributed by atoms with Crippen LogP contribution in [0.5, 0.6) is 0 Å². The van der Waals surface area contributed by atoms with E-state index in [0.29, 0.717) is 13.1 Å². The Labute approximate surface area is 147 Å². The van der Waals surface area contributed by atoms with Gasteiger partial charge in [0.05, 0.1) is 12.2 Å². The molecular formula is C20H21N3O2. The second kappa shape index (κ2) is 7.37. The fraction of sp³-hybridized carbons (Fsp3) is 0.300. The molecule has 2 aromatic carbocycles. The summed E-state index contributed by atoms with van der Waals surface area (Å²) in [5.41, 5.74) is 0.928. The highest BCUT2D eigenvalue weighted by atomic mass is 16.5. The van der Waals surface area contributed by atoms with Crippen molar-refractivity contribution in [3.8, 4) is 6.07 Å². The predicted molar refractivity (Wildman–Crippen MR) is 97.9 cm³/mol. The molecule has 1 amide bonds. The Bertz CT molecular complexity index is 843. The maximum absolute atomic E-state index is 12.6. The van der Waals surface area contributed by atoms with Crippen LogP contribution >= 0.6 is 0 Å². The van der Waals surface area contributed by atoms with Gasteiger partial charge < -0.3 is 15.0 Å². The van der Waals surface area contributed by atoms with Crippen molar-refractivity contribution in [2.24, 2.45) is 0 Å². The van der Waals surface area contributed by atoms with Gasteiger partial charge in [-0.25, -0.2) is 0 Å². The van der Waals surface area contributed by atoms with Crippen molar-refractivity contribution in [3.63, 3.8) is 0 Å². The largest absolute Gasteiger partial charge is 0.372 e. The van der Waals surface area contributed by atoms with Gasteiger partial charge in [-0.3, -0.25) is 4.79 Å². The number of morpholine rings is 1. The van der Waals surface area contributed by atoms with Crippen LogP contribution in [0.15, 0.2) is 54.2 Å². The van der Waals surface area contributed by atoms with E-state index in [2.05, 4.69) is 5.32 Å². The van der Waals surface area contributed by atoms with Crippen LogP contribution in [0.25, 0.3) is 10.8 Å². The van der Waals surface area contributed by atoms with Crippen molar-refractivity contribution in [2.75, 3.05) is 18.4 Å². The van der Waals surface area contributed by atoms with Gasteiger partial charge in [0.25, 0.3) is 5.91 Å². The molecule has 1 fully saturated rings. The Morgan fingerprint density at radius 3 is 2.56 bits per heavy atom. The third kappa shape index (κ3) is 3.98. The molecule has 1 saturated heterocycles. The number of rotatable bonds is 3. The fourth-order valence-electron chi connectivity index (χ4n) is 3.09. The van der Waals surface area contributed by atoms with E-state index in [0.717, 1.165) is 16.5 Å². The van der Waals surface area contributed by atoms with Crippen molar-refractivity contribution in [3.05, 3.63) is 54.2 Å². The molecule has 0 aliphatic carbocycles. The second-order valence-electron chi connectivity index (χ2n) is 6.34. The lowest BCUT2D eigenvalue weighted by atomic mass is 10.1. The molecule has 128 valence electrons. The summed E-state index contributed by atoms with van der Waals surface area (Å²) in [6, 6.07) is 16.0. The van der Waals surface area contributed by atoms with Crippen LogP contribution in [0.2, 0.25) is 0 Å². The van der Waals surface area contributed by atoms with E-state index in [9.17, 15) is 10.1 Å². The SMILES string of the molecule is CC1CN(C(=O)/C(C#N)=C\Nc2ccc3ccccc3c2)CC(C)O1. The Kier molecular flexibility index (Phi) is 5.01. The first kappa shape index (κ1) is 17.0. The minimum Gasteiger partial charge on any atom is -0.372 e. The molecule has 0 saturated carbocycles. The van der Waals surface area contributed by atoms with E-state index in [4.69, 9.17) is 4.74 Å². The third-order valence-corrected chi connectivity index (χ3v) is 4.19. The summed E-state index contributed by atoms with van der Waals surface area (Å²) in [4.78, 5) is 14.3. The highest BCUT2D eigenvalue weighted by Crippen LogP contribution is 2.19. The number of anilines is 1. The van der Waals surface area contributed by atoms with Crippen molar-refractivity contribution in [1.82, 2.24) is 4.90 Å². The summed E-state index contributed by atoms with van der Waals surface area (Å²) < 4.78 is 5.64. The number of amides is 1. The molecule has 2 atom stereocenters. The molecule has 1 aliphatic heterocycles. The first-order valence-corrected chi connectivity index (χ1v) is 8.37. The molecule has 25 heavy (non-hydrogen) atoms. The molecule has 0 aromatic heterocycles. The van der Waals surface area contributed by atoms with E-state index in [-0.39, 0.29) is 23.7 Å². The van der Waals surface area contributed by atoms with Gasteiger partial charge in [0.15, 0.2) is 0 Å². The zero-order chi connectivity index (χ0) is 17.8. The number of carbonyl (C=O) groups excluding carboxylic acids is 1. The highest BCUT2D eigenvalue weighted by molar-refractivity contribution is 5.97. The van der Waals surface area contributed by atoms with Crippen LogP contribution in [0.4, 0.5) is 5.69 Å². The Hall–Kier alpha value is -2.84. The smallest absolute Gasteiger partial charge is 0.266 e. The molecule has 5 heteroatoms. The number of hydrogen-bond acceptors (Lipinski definition) is 4. The van der Waals surface area contributed by atoms with Gasteiger partial charge in [0.1, 0.15) is 11.6 Å². The van der Waals surface area contributed by atoms with Gasteiger partial charge in [0, 0.05) is 25.0 Å². The van der Waals surface area contributed by atoms with E-state index >= 15 is 0 Å². The van der Waals surface area contributed by atoms with Crippen molar-refractivity contribution < 1.29 is 9.53 Å². The van der Waals surface area contributed by atoms with Crippen LogP contribution in [0.3, 0.4) is 0 Å². The van der Waals surface area contributed by atoms with Crippen LogP contribution in [-0.4, -0.2) is 36.1 Å². The molecular weight excluding hydrogens is 314 g/mol. The van der Waals surface area contributed by atoms with Gasteiger partial charge in [0.2, 0.25) is 0 Å². The maximum atomic E-state index is 12.6. The summed E-state index contributed by atoms with van der Waals surface area (Å²) in [6.07, 6.45) is 1.43. The summed E-state index contributed by atoms with van der Waals surface area (Å²) in [5.74, 6) is -0.266. The molecule has 3 rings (SSSR count). The minimum atomic E-state index is -0.266. The summed E-state index contributed by atoms with van der Waals surface area (Å²) >= 11 is 0. The number of nitriles is 1. The normalized spacial score (nSPS) is 21.0. The van der Waals surface area contributed by atoms with Crippen molar-refractivity contribution >= 4 is 22.4 Å². The number of nitrogens with one attached hydrogen (secondary N) is 1. The van der Waals surface area contributed by atoms with Crippen LogP contribution in [0.1, 0.15) is 13.8 Å². The monoisotopic (exact) mass is 335 g/mol. The Morgan fingerprint density at radius 2 is 1.88 bits per heavy atom. The van der Waals surface area contributed by atoms with E-state index in [1.807, 2.05) is 62.4 Å². The highest BCUT2D eigenvalue weighted by Gasteiger charge is 2.27. The lowest BCUT2D eigenvalue weighted by molar-refractivity contribution is -0.138. The molecule has 2 aromatic rings. The van der Waals surface area contributed by atoms with Gasteiger partial charge >= 0.3 is 0 Å². The molecule has 1 aliphatic rings. The number of ether oxygens (including phenoxy) is 1. The molecule has 5 nitrogen and oxygen atoms in total. The summed E-state index contributed by atoms with van der Waals surface area (Å²) in [6.45, 7) is 4.86. The molecule has 0 spiro atoms. The van der Waals surface area contributed by atoms with E-state index < -0.39 is 0 Å². The average Bonchev–Trinajstić information content (AvgIpc) is 2.61. The van der Waals surface area contributed by atoms with Crippen LogP contribution in [-0.2, 0) is 9.53 Å². The van der Waals surface area contributed by atoms with Gasteiger partial charge in [-0.1, -0.05) is 30.3 Å². The predicted octanol–water partition coefficient (Wildman–Crippen LogP) is 3.29. The quantitative estimate of drug-likeness (QED) is 0.690. The fourth-order valence-corrected chi connectivity index (χ4v) is 3.09. The zero-order valence-electron chi connectivity index (χ0n) is 14.4. The molecule has 0 radical (unpaired) electrons. The van der Waals surface area contributed by atoms with Gasteiger partial charge in [-0.2, -0.15) is 5.26 Å². The summed E-state index contributed by atoms with van der Waals surface area (Å²) in [7, 11) is 0. The Balaban J connectivity index is 1.75. The number of hydrogen-bond donors (Lipinski definition) is 1. The number of carbonyl (C=O) groups is 1. The lowest BCUT2D eigenvalue weighted by Crippen LogP contribution is -2.48. The maximum Gasteiger partial charge on any atom is 0.266 e. The molecule has 0 bridgehead atoms. The van der Waals surface area contributed by atoms with Gasteiger partial charge in [-0.15, -0.1) is 0 Å². The number of fused-ring (bicyclic) bond motifs is 1. The minimum absolute atomic E-state index is 0.0268. The Morgan fingerprint density at radius 1 is 1.20 bits per heavy atom. The first-order valence-electron chi connectivity index (χ1n) is 8.37. The number of nitrogens with zero attached hydrogens (tertiary/aromatic N) is 2. The van der Waals surface area contributed by atoms with E-state index in [1.54, 1.807) is 4.90 Å².